The Balaban J connectivity index is 2.93. The van der Waals surface area contributed by atoms with Crippen molar-refractivity contribution in [2.75, 3.05) is 7.05 Å². The molecule has 0 aromatic heterocycles. The topological polar surface area (TPSA) is 20.3 Å². The minimum absolute atomic E-state index is 0.0622. The second kappa shape index (κ2) is 6.18. The van der Waals surface area contributed by atoms with Gasteiger partial charge >= 0.3 is 0 Å². The average molecular weight is 253 g/mol. The van der Waals surface area contributed by atoms with Gasteiger partial charge in [-0.15, -0.1) is 0 Å². The van der Waals surface area contributed by atoms with Crippen LogP contribution in [0.15, 0.2) is 0 Å². The van der Waals surface area contributed by atoms with Crippen molar-refractivity contribution in [3.8, 4) is 0 Å². The van der Waals surface area contributed by atoms with Crippen LogP contribution >= 0.6 is 0 Å². The van der Waals surface area contributed by atoms with Gasteiger partial charge in [-0.05, 0) is 46.1 Å². The Morgan fingerprint density at radius 3 is 2.28 bits per heavy atom. The second-order valence-electron chi connectivity index (χ2n) is 6.97. The Labute approximate surface area is 113 Å². The Bertz CT molecular complexity index is 279. The number of likely N-dealkylation sites (N-methyl/N-ethyl adjacent to an activating group) is 1. The second-order valence-corrected chi connectivity index (χ2v) is 6.97. The van der Waals surface area contributed by atoms with Gasteiger partial charge in [0.15, 0.2) is 0 Å². The summed E-state index contributed by atoms with van der Waals surface area (Å²) in [7, 11) is 2.12. The van der Waals surface area contributed by atoms with Crippen molar-refractivity contribution >= 4 is 5.78 Å². The van der Waals surface area contributed by atoms with Crippen molar-refractivity contribution in [3.05, 3.63) is 0 Å². The van der Waals surface area contributed by atoms with Crippen LogP contribution in [0.3, 0.4) is 0 Å². The fourth-order valence-electron chi connectivity index (χ4n) is 3.18. The van der Waals surface area contributed by atoms with Gasteiger partial charge in [-0.1, -0.05) is 33.1 Å². The quantitative estimate of drug-likeness (QED) is 0.757. The van der Waals surface area contributed by atoms with E-state index in [-0.39, 0.29) is 11.6 Å². The lowest BCUT2D eigenvalue weighted by Gasteiger charge is -2.44. The highest BCUT2D eigenvalue weighted by Crippen LogP contribution is 2.36. The maximum absolute atomic E-state index is 12.4. The van der Waals surface area contributed by atoms with E-state index in [1.165, 1.54) is 25.7 Å². The number of carbonyl (C=O) groups excluding carboxylic acids is 1. The lowest BCUT2D eigenvalue weighted by Crippen LogP contribution is -2.54. The summed E-state index contributed by atoms with van der Waals surface area (Å²) in [6.07, 6.45) is 5.80. The molecule has 106 valence electrons. The summed E-state index contributed by atoms with van der Waals surface area (Å²) in [5.41, 5.74) is 0.0622. The summed E-state index contributed by atoms with van der Waals surface area (Å²) in [6.45, 7) is 10.9. The third kappa shape index (κ3) is 3.57. The first-order valence-electron chi connectivity index (χ1n) is 7.54. The fourth-order valence-corrected chi connectivity index (χ4v) is 3.18. The zero-order chi connectivity index (χ0) is 13.9. The van der Waals surface area contributed by atoms with Crippen LogP contribution in [-0.2, 0) is 4.79 Å². The summed E-state index contributed by atoms with van der Waals surface area (Å²) < 4.78 is 0. The SMILES string of the molecule is CCC(=O)C(C1CCCCC1C)N(C)C(C)(C)C. The molecule has 2 nitrogen and oxygen atoms in total. The highest BCUT2D eigenvalue weighted by Gasteiger charge is 2.38. The molecule has 1 saturated carbocycles. The predicted molar refractivity (Wildman–Crippen MR) is 77.7 cm³/mol. The van der Waals surface area contributed by atoms with E-state index in [1.807, 2.05) is 6.92 Å². The zero-order valence-electron chi connectivity index (χ0n) is 13.1. The Hall–Kier alpha value is -0.370. The number of hydrogen-bond acceptors (Lipinski definition) is 2. The van der Waals surface area contributed by atoms with Crippen LogP contribution in [0.4, 0.5) is 0 Å². The van der Waals surface area contributed by atoms with Crippen LogP contribution < -0.4 is 0 Å². The number of ketones is 1. The average Bonchev–Trinajstić information content (AvgIpc) is 2.30. The summed E-state index contributed by atoms with van der Waals surface area (Å²) in [4.78, 5) is 14.7. The van der Waals surface area contributed by atoms with Gasteiger partial charge in [0.25, 0.3) is 0 Å². The van der Waals surface area contributed by atoms with Gasteiger partial charge in [0.05, 0.1) is 6.04 Å². The van der Waals surface area contributed by atoms with Gasteiger partial charge in [0.2, 0.25) is 0 Å². The van der Waals surface area contributed by atoms with Crippen LogP contribution in [-0.4, -0.2) is 29.3 Å². The third-order valence-corrected chi connectivity index (χ3v) is 4.74. The van der Waals surface area contributed by atoms with Crippen LogP contribution in [0, 0.1) is 11.8 Å². The minimum Gasteiger partial charge on any atom is -0.298 e. The van der Waals surface area contributed by atoms with Gasteiger partial charge in [0.1, 0.15) is 5.78 Å². The fraction of sp³-hybridized carbons (Fsp3) is 0.938. The molecule has 1 rings (SSSR count). The van der Waals surface area contributed by atoms with Crippen molar-refractivity contribution in [1.29, 1.82) is 0 Å². The number of rotatable bonds is 4. The van der Waals surface area contributed by atoms with Crippen LogP contribution in [0.2, 0.25) is 0 Å². The molecule has 1 fully saturated rings. The third-order valence-electron chi connectivity index (χ3n) is 4.74. The van der Waals surface area contributed by atoms with Crippen LogP contribution in [0.25, 0.3) is 0 Å². The van der Waals surface area contributed by atoms with E-state index in [1.54, 1.807) is 0 Å². The number of nitrogens with zero attached hydrogens (tertiary/aromatic N) is 1. The van der Waals surface area contributed by atoms with Crippen molar-refractivity contribution in [3.63, 3.8) is 0 Å². The molecule has 3 unspecified atom stereocenters. The Morgan fingerprint density at radius 2 is 1.83 bits per heavy atom. The van der Waals surface area contributed by atoms with Gasteiger partial charge in [0, 0.05) is 12.0 Å². The van der Waals surface area contributed by atoms with Crippen molar-refractivity contribution in [2.45, 2.75) is 78.3 Å². The van der Waals surface area contributed by atoms with E-state index in [0.29, 0.717) is 24.0 Å². The molecule has 0 spiro atoms. The van der Waals surface area contributed by atoms with E-state index in [2.05, 4.69) is 39.6 Å². The molecule has 2 heteroatoms. The standard InChI is InChI=1S/C16H31NO/c1-7-14(18)15(17(6)16(3,4)5)13-11-9-8-10-12(13)2/h12-13,15H,7-11H2,1-6H3. The van der Waals surface area contributed by atoms with Crippen LogP contribution in [0.1, 0.15) is 66.7 Å². The molecule has 0 aromatic rings. The van der Waals surface area contributed by atoms with E-state index >= 15 is 0 Å². The minimum atomic E-state index is 0.0622. The van der Waals surface area contributed by atoms with Gasteiger partial charge < -0.3 is 0 Å². The van der Waals surface area contributed by atoms with Crippen LogP contribution in [0.5, 0.6) is 0 Å². The summed E-state index contributed by atoms with van der Waals surface area (Å²) in [6, 6.07) is 0.116. The smallest absolute Gasteiger partial charge is 0.149 e. The first-order valence-corrected chi connectivity index (χ1v) is 7.54. The molecule has 0 aromatic carbocycles. The molecule has 0 bridgehead atoms. The van der Waals surface area contributed by atoms with Gasteiger partial charge in [-0.25, -0.2) is 0 Å². The molecular formula is C16H31NO. The lowest BCUT2D eigenvalue weighted by atomic mass is 9.73. The normalized spacial score (nSPS) is 27.3. The zero-order valence-corrected chi connectivity index (χ0v) is 13.1. The summed E-state index contributed by atoms with van der Waals surface area (Å²) in [5, 5.41) is 0. The number of hydrogen-bond donors (Lipinski definition) is 0. The lowest BCUT2D eigenvalue weighted by molar-refractivity contribution is -0.129. The molecule has 0 radical (unpaired) electrons. The highest BCUT2D eigenvalue weighted by molar-refractivity contribution is 5.84. The molecule has 18 heavy (non-hydrogen) atoms. The first-order chi connectivity index (χ1) is 8.29. The predicted octanol–water partition coefficient (Wildman–Crippen LogP) is 3.89. The summed E-state index contributed by atoms with van der Waals surface area (Å²) in [5.74, 6) is 1.66. The van der Waals surface area contributed by atoms with E-state index in [4.69, 9.17) is 0 Å². The van der Waals surface area contributed by atoms with Crippen molar-refractivity contribution < 1.29 is 4.79 Å². The molecule has 0 heterocycles. The van der Waals surface area contributed by atoms with E-state index < -0.39 is 0 Å². The molecule has 0 N–H and O–H groups in total. The number of Topliss-reactive ketones (excluding diaryl/α,β-unsaturated/α-hetero) is 1. The van der Waals surface area contributed by atoms with E-state index in [9.17, 15) is 4.79 Å². The maximum atomic E-state index is 12.4. The van der Waals surface area contributed by atoms with E-state index in [0.717, 1.165) is 0 Å². The summed E-state index contributed by atoms with van der Waals surface area (Å²) >= 11 is 0. The largest absolute Gasteiger partial charge is 0.298 e. The monoisotopic (exact) mass is 253 g/mol. The van der Waals surface area contributed by atoms with Crippen molar-refractivity contribution in [1.82, 2.24) is 4.90 Å². The molecule has 3 atom stereocenters. The molecule has 0 saturated heterocycles. The molecule has 1 aliphatic rings. The van der Waals surface area contributed by atoms with Gasteiger partial charge in [-0.3, -0.25) is 9.69 Å². The highest BCUT2D eigenvalue weighted by atomic mass is 16.1. The maximum Gasteiger partial charge on any atom is 0.149 e. The van der Waals surface area contributed by atoms with Gasteiger partial charge in [-0.2, -0.15) is 0 Å². The Morgan fingerprint density at radius 1 is 1.28 bits per heavy atom. The first kappa shape index (κ1) is 15.7. The number of carbonyl (C=O) groups is 1. The molecule has 1 aliphatic carbocycles. The molecular weight excluding hydrogens is 222 g/mol. The molecule has 0 aliphatic heterocycles. The Kier molecular flexibility index (Phi) is 5.39. The molecule has 0 amide bonds. The van der Waals surface area contributed by atoms with Crippen molar-refractivity contribution in [2.24, 2.45) is 11.8 Å².